The maximum Gasteiger partial charge on any atom is 0.317 e. The molecule has 0 radical (unpaired) electrons. The second-order valence-corrected chi connectivity index (χ2v) is 5.55. The van der Waals surface area contributed by atoms with Crippen molar-refractivity contribution >= 4 is 17.6 Å². The predicted molar refractivity (Wildman–Crippen MR) is 86.3 cm³/mol. The summed E-state index contributed by atoms with van der Waals surface area (Å²) in [7, 11) is 1.61. The molecular weight excluding hydrogens is 303 g/mol. The number of benzene rings is 2. The van der Waals surface area contributed by atoms with E-state index in [9.17, 15) is 9.18 Å². The molecule has 0 aromatic heterocycles. The average molecular weight is 321 g/mol. The number of hydrogen-bond acceptors (Lipinski definition) is 1. The minimum atomic E-state index is -0.414. The van der Waals surface area contributed by atoms with Gasteiger partial charge in [-0.25, -0.2) is 9.18 Å². The molecule has 3 nitrogen and oxygen atoms in total. The highest BCUT2D eigenvalue weighted by atomic mass is 35.5. The summed E-state index contributed by atoms with van der Waals surface area (Å²) < 4.78 is 13.8. The number of rotatable bonds is 4. The van der Waals surface area contributed by atoms with E-state index in [2.05, 4.69) is 5.32 Å². The standard InChI is InChI=1S/C17H18ClFN2O/c1-12(13-7-4-3-5-8-13)20-17(22)21(2)11-14-15(18)9-6-10-16(14)19/h3-10,12H,11H2,1-2H3,(H,20,22). The fourth-order valence-electron chi connectivity index (χ4n) is 2.11. The number of nitrogens with one attached hydrogen (secondary N) is 1. The Balaban J connectivity index is 2.01. The van der Waals surface area contributed by atoms with E-state index >= 15 is 0 Å². The van der Waals surface area contributed by atoms with E-state index in [-0.39, 0.29) is 18.6 Å². The largest absolute Gasteiger partial charge is 0.331 e. The molecule has 0 fully saturated rings. The average Bonchev–Trinajstić information content (AvgIpc) is 2.51. The Morgan fingerprint density at radius 3 is 2.55 bits per heavy atom. The molecular formula is C17H18ClFN2O. The Morgan fingerprint density at radius 1 is 1.23 bits per heavy atom. The SMILES string of the molecule is CC(NC(=O)N(C)Cc1c(F)cccc1Cl)c1ccccc1. The fraction of sp³-hybridized carbons (Fsp3) is 0.235. The van der Waals surface area contributed by atoms with Crippen LogP contribution in [0.15, 0.2) is 48.5 Å². The molecule has 0 saturated heterocycles. The van der Waals surface area contributed by atoms with Gasteiger partial charge in [0.25, 0.3) is 0 Å². The van der Waals surface area contributed by atoms with Crippen LogP contribution in [-0.2, 0) is 6.54 Å². The molecule has 1 atom stereocenters. The lowest BCUT2D eigenvalue weighted by Gasteiger charge is -2.22. The van der Waals surface area contributed by atoms with Crippen molar-refractivity contribution in [2.75, 3.05) is 7.05 Å². The first-order valence-electron chi connectivity index (χ1n) is 6.98. The smallest absolute Gasteiger partial charge is 0.317 e. The number of urea groups is 1. The quantitative estimate of drug-likeness (QED) is 0.890. The highest BCUT2D eigenvalue weighted by molar-refractivity contribution is 6.31. The summed E-state index contributed by atoms with van der Waals surface area (Å²) in [5.74, 6) is -0.414. The van der Waals surface area contributed by atoms with Gasteiger partial charge in [0.2, 0.25) is 0 Å². The van der Waals surface area contributed by atoms with Gasteiger partial charge in [-0.3, -0.25) is 0 Å². The summed E-state index contributed by atoms with van der Waals surface area (Å²) >= 11 is 5.98. The van der Waals surface area contributed by atoms with Gasteiger partial charge in [-0.05, 0) is 24.6 Å². The van der Waals surface area contributed by atoms with Gasteiger partial charge >= 0.3 is 6.03 Å². The van der Waals surface area contributed by atoms with E-state index in [4.69, 9.17) is 11.6 Å². The lowest BCUT2D eigenvalue weighted by Crippen LogP contribution is -2.38. The second kappa shape index (κ2) is 7.27. The third kappa shape index (κ3) is 3.98. The Bertz CT molecular complexity index is 628. The van der Waals surface area contributed by atoms with Crippen LogP contribution in [0.4, 0.5) is 9.18 Å². The van der Waals surface area contributed by atoms with Crippen LogP contribution in [0.2, 0.25) is 5.02 Å². The van der Waals surface area contributed by atoms with Gasteiger partial charge in [0.15, 0.2) is 0 Å². The van der Waals surface area contributed by atoms with Crippen LogP contribution in [0.5, 0.6) is 0 Å². The monoisotopic (exact) mass is 320 g/mol. The summed E-state index contributed by atoms with van der Waals surface area (Å²) in [5, 5.41) is 3.19. The molecule has 0 spiro atoms. The predicted octanol–water partition coefficient (Wildman–Crippen LogP) is 4.38. The van der Waals surface area contributed by atoms with E-state index < -0.39 is 5.82 Å². The van der Waals surface area contributed by atoms with Crippen LogP contribution < -0.4 is 5.32 Å². The first-order valence-corrected chi connectivity index (χ1v) is 7.36. The number of hydrogen-bond donors (Lipinski definition) is 1. The number of carbonyl (C=O) groups is 1. The summed E-state index contributed by atoms with van der Waals surface area (Å²) in [6.45, 7) is 2.01. The zero-order chi connectivity index (χ0) is 16.1. The van der Waals surface area contributed by atoms with Crippen molar-refractivity contribution in [1.82, 2.24) is 10.2 Å². The Labute approximate surface area is 134 Å². The third-order valence-electron chi connectivity index (χ3n) is 3.44. The van der Waals surface area contributed by atoms with Gasteiger partial charge in [0.05, 0.1) is 12.6 Å². The zero-order valence-corrected chi connectivity index (χ0v) is 13.3. The van der Waals surface area contributed by atoms with Gasteiger partial charge in [0, 0.05) is 17.6 Å². The van der Waals surface area contributed by atoms with E-state index in [0.29, 0.717) is 10.6 Å². The van der Waals surface area contributed by atoms with Crippen molar-refractivity contribution in [3.8, 4) is 0 Å². The zero-order valence-electron chi connectivity index (χ0n) is 12.5. The van der Waals surface area contributed by atoms with Crippen molar-refractivity contribution in [2.24, 2.45) is 0 Å². The van der Waals surface area contributed by atoms with Crippen LogP contribution in [0, 0.1) is 5.82 Å². The first-order chi connectivity index (χ1) is 10.5. The van der Waals surface area contributed by atoms with Crippen LogP contribution in [0.1, 0.15) is 24.1 Å². The number of amides is 2. The van der Waals surface area contributed by atoms with E-state index in [1.807, 2.05) is 37.3 Å². The highest BCUT2D eigenvalue weighted by Crippen LogP contribution is 2.20. The lowest BCUT2D eigenvalue weighted by atomic mass is 10.1. The highest BCUT2D eigenvalue weighted by Gasteiger charge is 2.16. The van der Waals surface area contributed by atoms with Crippen molar-refractivity contribution < 1.29 is 9.18 Å². The molecule has 2 aromatic carbocycles. The van der Waals surface area contributed by atoms with Gasteiger partial charge in [-0.1, -0.05) is 48.0 Å². The first kappa shape index (κ1) is 16.3. The van der Waals surface area contributed by atoms with Crippen molar-refractivity contribution in [3.63, 3.8) is 0 Å². The van der Waals surface area contributed by atoms with Crippen molar-refractivity contribution in [1.29, 1.82) is 0 Å². The van der Waals surface area contributed by atoms with E-state index in [0.717, 1.165) is 5.56 Å². The van der Waals surface area contributed by atoms with Crippen LogP contribution in [-0.4, -0.2) is 18.0 Å². The summed E-state index contributed by atoms with van der Waals surface area (Å²) in [5.41, 5.74) is 1.32. The molecule has 0 aliphatic heterocycles. The minimum absolute atomic E-state index is 0.110. The van der Waals surface area contributed by atoms with Gasteiger partial charge in [-0.2, -0.15) is 0 Å². The molecule has 5 heteroatoms. The molecule has 0 heterocycles. The van der Waals surface area contributed by atoms with Crippen molar-refractivity contribution in [2.45, 2.75) is 19.5 Å². The topological polar surface area (TPSA) is 32.3 Å². The maximum atomic E-state index is 13.8. The summed E-state index contributed by atoms with van der Waals surface area (Å²) in [6, 6.07) is 13.7. The van der Waals surface area contributed by atoms with Crippen LogP contribution in [0.25, 0.3) is 0 Å². The minimum Gasteiger partial charge on any atom is -0.331 e. The van der Waals surface area contributed by atoms with Crippen LogP contribution >= 0.6 is 11.6 Å². The molecule has 2 rings (SSSR count). The second-order valence-electron chi connectivity index (χ2n) is 5.14. The number of nitrogens with zero attached hydrogens (tertiary/aromatic N) is 1. The van der Waals surface area contributed by atoms with Gasteiger partial charge in [-0.15, -0.1) is 0 Å². The molecule has 0 bridgehead atoms. The Morgan fingerprint density at radius 2 is 1.91 bits per heavy atom. The third-order valence-corrected chi connectivity index (χ3v) is 3.80. The summed E-state index contributed by atoms with van der Waals surface area (Å²) in [6.07, 6.45) is 0. The molecule has 0 aliphatic rings. The maximum absolute atomic E-state index is 13.8. The van der Waals surface area contributed by atoms with E-state index in [1.165, 1.54) is 11.0 Å². The number of carbonyl (C=O) groups excluding carboxylic acids is 1. The Kier molecular flexibility index (Phi) is 5.39. The molecule has 1 N–H and O–H groups in total. The molecule has 2 amide bonds. The molecule has 0 aliphatic carbocycles. The fourth-order valence-corrected chi connectivity index (χ4v) is 2.34. The Hall–Kier alpha value is -2.07. The van der Waals surface area contributed by atoms with Gasteiger partial charge in [0.1, 0.15) is 5.82 Å². The summed E-state index contributed by atoms with van der Waals surface area (Å²) in [4.78, 5) is 13.6. The normalized spacial score (nSPS) is 11.8. The van der Waals surface area contributed by atoms with Crippen LogP contribution in [0.3, 0.4) is 0 Å². The lowest BCUT2D eigenvalue weighted by molar-refractivity contribution is 0.203. The molecule has 22 heavy (non-hydrogen) atoms. The van der Waals surface area contributed by atoms with Crippen molar-refractivity contribution in [3.05, 3.63) is 70.5 Å². The number of halogens is 2. The molecule has 116 valence electrons. The van der Waals surface area contributed by atoms with Gasteiger partial charge < -0.3 is 10.2 Å². The molecule has 0 saturated carbocycles. The molecule has 2 aromatic rings. The molecule has 1 unspecified atom stereocenters. The van der Waals surface area contributed by atoms with E-state index in [1.54, 1.807) is 19.2 Å².